The van der Waals surface area contributed by atoms with Crippen LogP contribution in [0.1, 0.15) is 5.56 Å². The number of hydrogen-bond acceptors (Lipinski definition) is 2. The lowest BCUT2D eigenvalue weighted by Gasteiger charge is -2.10. The smallest absolute Gasteiger partial charge is 0.124 e. The van der Waals surface area contributed by atoms with E-state index in [4.69, 9.17) is 22.1 Å². The molecule has 1 rings (SSSR count). The van der Waals surface area contributed by atoms with Crippen LogP contribution >= 0.6 is 11.6 Å². The van der Waals surface area contributed by atoms with Crippen molar-refractivity contribution >= 4 is 11.6 Å². The van der Waals surface area contributed by atoms with Gasteiger partial charge >= 0.3 is 0 Å². The third kappa shape index (κ3) is 2.76. The summed E-state index contributed by atoms with van der Waals surface area (Å²) in [7, 11) is 0. The second-order valence-electron chi connectivity index (χ2n) is 2.85. The van der Waals surface area contributed by atoms with E-state index in [0.717, 1.165) is 17.7 Å². The summed E-state index contributed by atoms with van der Waals surface area (Å²) >= 11 is 6.03. The molecule has 0 aromatic heterocycles. The Kier molecular flexibility index (Phi) is 4.50. The van der Waals surface area contributed by atoms with Crippen molar-refractivity contribution in [3.63, 3.8) is 0 Å². The highest BCUT2D eigenvalue weighted by atomic mass is 35.5. The van der Waals surface area contributed by atoms with Crippen LogP contribution in [0.4, 0.5) is 0 Å². The summed E-state index contributed by atoms with van der Waals surface area (Å²) in [6.07, 6.45) is 2.43. The van der Waals surface area contributed by atoms with Crippen molar-refractivity contribution in [3.05, 3.63) is 41.4 Å². The molecule has 1 aromatic carbocycles. The monoisotopic (exact) mass is 211 g/mol. The molecule has 0 aliphatic heterocycles. The standard InChI is InChI=1S/C11H14ClNO/c1-2-8-14-11-5-3-4-10(12)9(11)6-7-13/h2-5H,1,6-8,13H2. The Labute approximate surface area is 89.3 Å². The van der Waals surface area contributed by atoms with E-state index in [9.17, 15) is 0 Å². The second kappa shape index (κ2) is 5.68. The molecule has 0 amide bonds. The average Bonchev–Trinajstić information content (AvgIpc) is 2.19. The quantitative estimate of drug-likeness (QED) is 0.760. The minimum absolute atomic E-state index is 0.484. The highest BCUT2D eigenvalue weighted by Crippen LogP contribution is 2.26. The largest absolute Gasteiger partial charge is 0.489 e. The Balaban J connectivity index is 2.89. The molecule has 76 valence electrons. The van der Waals surface area contributed by atoms with Gasteiger partial charge in [0.2, 0.25) is 0 Å². The van der Waals surface area contributed by atoms with Gasteiger partial charge in [-0.3, -0.25) is 0 Å². The number of rotatable bonds is 5. The molecular formula is C11H14ClNO. The summed E-state index contributed by atoms with van der Waals surface area (Å²) in [4.78, 5) is 0. The molecule has 0 saturated carbocycles. The Morgan fingerprint density at radius 3 is 2.93 bits per heavy atom. The molecule has 0 spiro atoms. The number of halogens is 1. The molecule has 0 fully saturated rings. The topological polar surface area (TPSA) is 35.2 Å². The predicted octanol–water partition coefficient (Wildman–Crippen LogP) is 2.41. The van der Waals surface area contributed by atoms with Gasteiger partial charge in [0, 0.05) is 10.6 Å². The number of benzene rings is 1. The maximum Gasteiger partial charge on any atom is 0.124 e. The zero-order chi connectivity index (χ0) is 10.4. The third-order valence-electron chi connectivity index (χ3n) is 1.83. The molecule has 2 N–H and O–H groups in total. The molecule has 3 heteroatoms. The lowest BCUT2D eigenvalue weighted by Crippen LogP contribution is -2.06. The molecule has 0 bridgehead atoms. The van der Waals surface area contributed by atoms with Gasteiger partial charge in [-0.15, -0.1) is 0 Å². The molecule has 0 aliphatic carbocycles. The Morgan fingerprint density at radius 1 is 1.50 bits per heavy atom. The molecule has 0 atom stereocenters. The van der Waals surface area contributed by atoms with Crippen LogP contribution in [0.2, 0.25) is 5.02 Å². The minimum Gasteiger partial charge on any atom is -0.489 e. The van der Waals surface area contributed by atoms with Crippen molar-refractivity contribution in [2.45, 2.75) is 6.42 Å². The zero-order valence-corrected chi connectivity index (χ0v) is 8.76. The molecule has 0 saturated heterocycles. The first-order chi connectivity index (χ1) is 6.79. The fourth-order valence-electron chi connectivity index (χ4n) is 1.21. The molecule has 0 aliphatic rings. The van der Waals surface area contributed by atoms with Gasteiger partial charge in [0.25, 0.3) is 0 Å². The van der Waals surface area contributed by atoms with Crippen molar-refractivity contribution in [2.24, 2.45) is 5.73 Å². The fourth-order valence-corrected chi connectivity index (χ4v) is 1.47. The highest BCUT2D eigenvalue weighted by Gasteiger charge is 2.06. The summed E-state index contributed by atoms with van der Waals surface area (Å²) in [5, 5.41) is 0.706. The van der Waals surface area contributed by atoms with Gasteiger partial charge in [-0.2, -0.15) is 0 Å². The van der Waals surface area contributed by atoms with E-state index in [1.807, 2.05) is 18.2 Å². The van der Waals surface area contributed by atoms with Crippen LogP contribution in [0.15, 0.2) is 30.9 Å². The van der Waals surface area contributed by atoms with E-state index >= 15 is 0 Å². The van der Waals surface area contributed by atoms with Crippen LogP contribution in [0.5, 0.6) is 5.75 Å². The Bertz CT molecular complexity index is 312. The predicted molar refractivity (Wildman–Crippen MR) is 59.9 cm³/mol. The first-order valence-electron chi connectivity index (χ1n) is 4.50. The summed E-state index contributed by atoms with van der Waals surface area (Å²) in [5.41, 5.74) is 6.46. The minimum atomic E-state index is 0.484. The van der Waals surface area contributed by atoms with Gasteiger partial charge in [0.05, 0.1) is 0 Å². The molecule has 1 aromatic rings. The number of ether oxygens (including phenoxy) is 1. The molecule has 0 unspecified atom stereocenters. The van der Waals surface area contributed by atoms with Crippen molar-refractivity contribution < 1.29 is 4.74 Å². The van der Waals surface area contributed by atoms with E-state index in [1.54, 1.807) is 6.08 Å². The van der Waals surface area contributed by atoms with Crippen LogP contribution in [-0.4, -0.2) is 13.2 Å². The molecule has 14 heavy (non-hydrogen) atoms. The maximum atomic E-state index is 6.03. The van der Waals surface area contributed by atoms with Crippen LogP contribution in [0.25, 0.3) is 0 Å². The normalized spacial score (nSPS) is 9.86. The molecular weight excluding hydrogens is 198 g/mol. The molecule has 0 heterocycles. The van der Waals surface area contributed by atoms with Crippen molar-refractivity contribution in [2.75, 3.05) is 13.2 Å². The average molecular weight is 212 g/mol. The first-order valence-corrected chi connectivity index (χ1v) is 4.88. The third-order valence-corrected chi connectivity index (χ3v) is 2.18. The van der Waals surface area contributed by atoms with Crippen LogP contribution in [-0.2, 0) is 6.42 Å². The zero-order valence-electron chi connectivity index (χ0n) is 8.00. The van der Waals surface area contributed by atoms with Crippen molar-refractivity contribution in [3.8, 4) is 5.75 Å². The Hall–Kier alpha value is -0.990. The van der Waals surface area contributed by atoms with E-state index < -0.39 is 0 Å². The van der Waals surface area contributed by atoms with Crippen LogP contribution in [0, 0.1) is 0 Å². The lowest BCUT2D eigenvalue weighted by molar-refractivity contribution is 0.359. The van der Waals surface area contributed by atoms with E-state index in [0.29, 0.717) is 18.2 Å². The highest BCUT2D eigenvalue weighted by molar-refractivity contribution is 6.31. The number of nitrogens with two attached hydrogens (primary N) is 1. The van der Waals surface area contributed by atoms with E-state index in [-0.39, 0.29) is 0 Å². The summed E-state index contributed by atoms with van der Waals surface area (Å²) in [6.45, 7) is 4.64. The van der Waals surface area contributed by atoms with Crippen molar-refractivity contribution in [1.29, 1.82) is 0 Å². The summed E-state index contributed by atoms with van der Waals surface area (Å²) < 4.78 is 5.46. The summed E-state index contributed by atoms with van der Waals surface area (Å²) in [6, 6.07) is 5.59. The first kappa shape index (κ1) is 11.1. The van der Waals surface area contributed by atoms with Gasteiger partial charge in [0.15, 0.2) is 0 Å². The van der Waals surface area contributed by atoms with E-state index in [2.05, 4.69) is 6.58 Å². The van der Waals surface area contributed by atoms with Crippen LogP contribution < -0.4 is 10.5 Å². The maximum absolute atomic E-state index is 6.03. The number of hydrogen-bond donors (Lipinski definition) is 1. The SMILES string of the molecule is C=CCOc1cccc(Cl)c1CCN. The van der Waals surface area contributed by atoms with Gasteiger partial charge in [0.1, 0.15) is 12.4 Å². The van der Waals surface area contributed by atoms with Crippen molar-refractivity contribution in [1.82, 2.24) is 0 Å². The van der Waals surface area contributed by atoms with Gasteiger partial charge in [-0.25, -0.2) is 0 Å². The summed E-state index contributed by atoms with van der Waals surface area (Å²) in [5.74, 6) is 0.794. The van der Waals surface area contributed by atoms with Gasteiger partial charge in [-0.1, -0.05) is 30.3 Å². The lowest BCUT2D eigenvalue weighted by atomic mass is 10.1. The molecule has 2 nitrogen and oxygen atoms in total. The Morgan fingerprint density at radius 2 is 2.29 bits per heavy atom. The second-order valence-corrected chi connectivity index (χ2v) is 3.26. The van der Waals surface area contributed by atoms with E-state index in [1.165, 1.54) is 0 Å². The van der Waals surface area contributed by atoms with Crippen LogP contribution in [0.3, 0.4) is 0 Å². The van der Waals surface area contributed by atoms with Gasteiger partial charge in [-0.05, 0) is 25.1 Å². The molecule has 0 radical (unpaired) electrons. The fraction of sp³-hybridized carbons (Fsp3) is 0.273. The van der Waals surface area contributed by atoms with Gasteiger partial charge < -0.3 is 10.5 Å².